The molecule has 1 saturated heterocycles. The van der Waals surface area contributed by atoms with Gasteiger partial charge in [0.1, 0.15) is 0 Å². The third-order valence-electron chi connectivity index (χ3n) is 2.53. The molecule has 13 heavy (non-hydrogen) atoms. The number of ether oxygens (including phenoxy) is 1. The van der Waals surface area contributed by atoms with Crippen LogP contribution in [0.25, 0.3) is 0 Å². The molecule has 78 valence electrons. The highest BCUT2D eigenvalue weighted by Crippen LogP contribution is 2.04. The van der Waals surface area contributed by atoms with Crippen LogP contribution in [0.15, 0.2) is 0 Å². The summed E-state index contributed by atoms with van der Waals surface area (Å²) in [6.07, 6.45) is 5.02. The quantitative estimate of drug-likeness (QED) is 0.622. The summed E-state index contributed by atoms with van der Waals surface area (Å²) in [6.45, 7) is 4.33. The van der Waals surface area contributed by atoms with Crippen molar-refractivity contribution >= 4 is 0 Å². The fourth-order valence-electron chi connectivity index (χ4n) is 1.75. The summed E-state index contributed by atoms with van der Waals surface area (Å²) in [6, 6.07) is 0.729. The smallest absolute Gasteiger partial charge is 0.0474 e. The average molecular weight is 186 g/mol. The van der Waals surface area contributed by atoms with Gasteiger partial charge in [0.15, 0.2) is 0 Å². The number of nitrogens with one attached hydrogen (secondary N) is 2. The summed E-state index contributed by atoms with van der Waals surface area (Å²) in [7, 11) is 1.76. The van der Waals surface area contributed by atoms with Crippen LogP contribution in [-0.2, 0) is 4.74 Å². The molecule has 0 aliphatic carbocycles. The molecule has 3 nitrogen and oxygen atoms in total. The Bertz CT molecular complexity index is 111. The first-order valence-electron chi connectivity index (χ1n) is 5.36. The lowest BCUT2D eigenvalue weighted by Crippen LogP contribution is -2.31. The van der Waals surface area contributed by atoms with Crippen molar-refractivity contribution in [3.8, 4) is 0 Å². The van der Waals surface area contributed by atoms with Gasteiger partial charge in [-0.15, -0.1) is 0 Å². The maximum absolute atomic E-state index is 5.00. The number of methoxy groups -OCH3 is 1. The van der Waals surface area contributed by atoms with Crippen LogP contribution in [0.1, 0.15) is 25.7 Å². The Balaban J connectivity index is 1.98. The maximum atomic E-state index is 5.00. The molecule has 0 bridgehead atoms. The molecular weight excluding hydrogens is 164 g/mol. The van der Waals surface area contributed by atoms with E-state index in [9.17, 15) is 0 Å². The molecule has 1 heterocycles. The minimum Gasteiger partial charge on any atom is -0.385 e. The van der Waals surface area contributed by atoms with Gasteiger partial charge in [0.2, 0.25) is 0 Å². The molecule has 2 N–H and O–H groups in total. The summed E-state index contributed by atoms with van der Waals surface area (Å²) in [5.41, 5.74) is 0. The van der Waals surface area contributed by atoms with E-state index < -0.39 is 0 Å². The second-order valence-electron chi connectivity index (χ2n) is 3.68. The van der Waals surface area contributed by atoms with Crippen LogP contribution in [0.2, 0.25) is 0 Å². The molecular formula is C10H22N2O. The van der Waals surface area contributed by atoms with E-state index in [1.807, 2.05) is 0 Å². The maximum Gasteiger partial charge on any atom is 0.0474 e. The van der Waals surface area contributed by atoms with Crippen molar-refractivity contribution in [3.63, 3.8) is 0 Å². The van der Waals surface area contributed by atoms with Gasteiger partial charge in [-0.25, -0.2) is 0 Å². The van der Waals surface area contributed by atoms with Gasteiger partial charge < -0.3 is 15.4 Å². The molecule has 0 aromatic rings. The van der Waals surface area contributed by atoms with Gasteiger partial charge in [-0.1, -0.05) is 0 Å². The molecule has 0 amide bonds. The van der Waals surface area contributed by atoms with Crippen molar-refractivity contribution < 1.29 is 4.74 Å². The molecule has 1 unspecified atom stereocenters. The molecule has 3 heteroatoms. The molecule has 1 atom stereocenters. The van der Waals surface area contributed by atoms with Crippen LogP contribution in [0.4, 0.5) is 0 Å². The molecule has 0 spiro atoms. The SMILES string of the molecule is COCCCNC1CCCNCC1. The summed E-state index contributed by atoms with van der Waals surface area (Å²) in [5, 5.41) is 6.99. The average Bonchev–Trinajstić information content (AvgIpc) is 2.41. The van der Waals surface area contributed by atoms with Crippen LogP contribution in [0.5, 0.6) is 0 Å². The van der Waals surface area contributed by atoms with Crippen molar-refractivity contribution in [1.29, 1.82) is 0 Å². The van der Waals surface area contributed by atoms with E-state index in [0.29, 0.717) is 0 Å². The normalized spacial score (nSPS) is 24.2. The van der Waals surface area contributed by atoms with Crippen LogP contribution in [0.3, 0.4) is 0 Å². The van der Waals surface area contributed by atoms with Gasteiger partial charge in [0, 0.05) is 19.8 Å². The van der Waals surface area contributed by atoms with Crippen LogP contribution < -0.4 is 10.6 Å². The second-order valence-corrected chi connectivity index (χ2v) is 3.68. The number of rotatable bonds is 5. The van der Waals surface area contributed by atoms with Crippen molar-refractivity contribution in [2.45, 2.75) is 31.7 Å². The molecule has 0 radical (unpaired) electrons. The first-order valence-corrected chi connectivity index (χ1v) is 5.36. The van der Waals surface area contributed by atoms with Crippen molar-refractivity contribution in [1.82, 2.24) is 10.6 Å². The highest BCUT2D eigenvalue weighted by Gasteiger charge is 2.09. The lowest BCUT2D eigenvalue weighted by molar-refractivity contribution is 0.193. The van der Waals surface area contributed by atoms with Crippen LogP contribution in [-0.4, -0.2) is 39.4 Å². The Morgan fingerprint density at radius 1 is 1.38 bits per heavy atom. The monoisotopic (exact) mass is 186 g/mol. The highest BCUT2D eigenvalue weighted by molar-refractivity contribution is 4.72. The lowest BCUT2D eigenvalue weighted by atomic mass is 10.1. The minimum absolute atomic E-state index is 0.729. The Labute approximate surface area is 81.2 Å². The summed E-state index contributed by atoms with van der Waals surface area (Å²) in [5.74, 6) is 0. The summed E-state index contributed by atoms with van der Waals surface area (Å²) in [4.78, 5) is 0. The zero-order valence-electron chi connectivity index (χ0n) is 8.64. The Kier molecular flexibility index (Phi) is 6.15. The summed E-state index contributed by atoms with van der Waals surface area (Å²) < 4.78 is 5.00. The zero-order valence-corrected chi connectivity index (χ0v) is 8.64. The fraction of sp³-hybridized carbons (Fsp3) is 1.00. The number of hydrogen-bond donors (Lipinski definition) is 2. The van der Waals surface area contributed by atoms with E-state index in [2.05, 4.69) is 10.6 Å². The van der Waals surface area contributed by atoms with Crippen LogP contribution in [0, 0.1) is 0 Å². The van der Waals surface area contributed by atoms with Gasteiger partial charge in [0.05, 0.1) is 0 Å². The van der Waals surface area contributed by atoms with E-state index in [1.165, 1.54) is 32.4 Å². The Hall–Kier alpha value is -0.120. The van der Waals surface area contributed by atoms with E-state index >= 15 is 0 Å². The predicted molar refractivity (Wildman–Crippen MR) is 55.0 cm³/mol. The first kappa shape index (κ1) is 11.0. The molecule has 0 aromatic carbocycles. The second kappa shape index (κ2) is 7.30. The predicted octanol–water partition coefficient (Wildman–Crippen LogP) is 0.755. The molecule has 1 fully saturated rings. The molecule has 1 aliphatic rings. The van der Waals surface area contributed by atoms with Gasteiger partial charge in [-0.3, -0.25) is 0 Å². The minimum atomic E-state index is 0.729. The fourth-order valence-corrected chi connectivity index (χ4v) is 1.75. The Morgan fingerprint density at radius 3 is 3.15 bits per heavy atom. The van der Waals surface area contributed by atoms with Gasteiger partial charge in [-0.05, 0) is 45.3 Å². The largest absolute Gasteiger partial charge is 0.385 e. The third kappa shape index (κ3) is 5.24. The van der Waals surface area contributed by atoms with E-state index in [1.54, 1.807) is 7.11 Å². The van der Waals surface area contributed by atoms with Gasteiger partial charge in [0.25, 0.3) is 0 Å². The number of hydrogen-bond acceptors (Lipinski definition) is 3. The topological polar surface area (TPSA) is 33.3 Å². The Morgan fingerprint density at radius 2 is 2.31 bits per heavy atom. The summed E-state index contributed by atoms with van der Waals surface area (Å²) >= 11 is 0. The van der Waals surface area contributed by atoms with Gasteiger partial charge >= 0.3 is 0 Å². The van der Waals surface area contributed by atoms with E-state index in [-0.39, 0.29) is 0 Å². The van der Waals surface area contributed by atoms with Gasteiger partial charge in [-0.2, -0.15) is 0 Å². The van der Waals surface area contributed by atoms with Crippen molar-refractivity contribution in [2.24, 2.45) is 0 Å². The highest BCUT2D eigenvalue weighted by atomic mass is 16.5. The molecule has 1 rings (SSSR count). The van der Waals surface area contributed by atoms with E-state index in [4.69, 9.17) is 4.74 Å². The molecule has 0 aromatic heterocycles. The molecule has 1 aliphatic heterocycles. The van der Waals surface area contributed by atoms with Crippen LogP contribution >= 0.6 is 0 Å². The first-order chi connectivity index (χ1) is 6.43. The van der Waals surface area contributed by atoms with Crippen molar-refractivity contribution in [3.05, 3.63) is 0 Å². The standard InChI is InChI=1S/C10H22N2O/c1-13-9-3-7-12-10-4-2-6-11-8-5-10/h10-12H,2-9H2,1H3. The third-order valence-corrected chi connectivity index (χ3v) is 2.53. The van der Waals surface area contributed by atoms with E-state index in [0.717, 1.165) is 25.6 Å². The van der Waals surface area contributed by atoms with Crippen molar-refractivity contribution in [2.75, 3.05) is 33.4 Å². The zero-order chi connectivity index (χ0) is 9.36. The molecule has 0 saturated carbocycles. The lowest BCUT2D eigenvalue weighted by Gasteiger charge is -2.15.